The first-order valence-corrected chi connectivity index (χ1v) is 6.75. The summed E-state index contributed by atoms with van der Waals surface area (Å²) in [7, 11) is 1.58. The van der Waals surface area contributed by atoms with E-state index in [4.69, 9.17) is 16.3 Å². The average Bonchev–Trinajstić information content (AvgIpc) is 2.46. The van der Waals surface area contributed by atoms with Crippen molar-refractivity contribution in [2.45, 2.75) is 6.92 Å². The molecule has 0 saturated heterocycles. The molecule has 2 aromatic rings. The number of carbonyl (C=O) groups is 1. The monoisotopic (exact) mass is 302 g/mol. The van der Waals surface area contributed by atoms with Crippen LogP contribution in [0.25, 0.3) is 11.6 Å². The molecule has 0 aliphatic rings. The molecule has 108 valence electrons. The second-order valence-corrected chi connectivity index (χ2v) is 4.97. The van der Waals surface area contributed by atoms with Crippen LogP contribution >= 0.6 is 11.6 Å². The Hall–Kier alpha value is -2.26. The van der Waals surface area contributed by atoms with Crippen molar-refractivity contribution in [2.75, 3.05) is 7.11 Å². The lowest BCUT2D eigenvalue weighted by atomic mass is 9.98. The standard InChI is InChI=1S/C17H15ClO3/c1-11-9-13(21-2)7-8-14(11)15(17(19)20)10-12-5-3-4-6-16(12)18/h3-10H,1-2H3,(H,19,20)/b15-10-. The average molecular weight is 303 g/mol. The van der Waals surface area contributed by atoms with Gasteiger partial charge in [0.2, 0.25) is 0 Å². The molecule has 0 spiro atoms. The van der Waals surface area contributed by atoms with Crippen molar-refractivity contribution in [3.05, 3.63) is 64.2 Å². The molecule has 0 heterocycles. The zero-order valence-electron chi connectivity index (χ0n) is 11.8. The minimum Gasteiger partial charge on any atom is -0.497 e. The second-order valence-electron chi connectivity index (χ2n) is 4.57. The highest BCUT2D eigenvalue weighted by atomic mass is 35.5. The summed E-state index contributed by atoms with van der Waals surface area (Å²) < 4.78 is 5.14. The summed E-state index contributed by atoms with van der Waals surface area (Å²) in [5, 5.41) is 10.0. The van der Waals surface area contributed by atoms with Crippen LogP contribution in [0.5, 0.6) is 5.75 Å². The van der Waals surface area contributed by atoms with Gasteiger partial charge >= 0.3 is 5.97 Å². The highest BCUT2D eigenvalue weighted by Gasteiger charge is 2.14. The van der Waals surface area contributed by atoms with Gasteiger partial charge in [-0.3, -0.25) is 0 Å². The van der Waals surface area contributed by atoms with Crippen molar-refractivity contribution >= 4 is 29.2 Å². The van der Waals surface area contributed by atoms with Crippen molar-refractivity contribution in [1.82, 2.24) is 0 Å². The third kappa shape index (κ3) is 3.44. The van der Waals surface area contributed by atoms with Gasteiger partial charge in [-0.25, -0.2) is 4.79 Å². The third-order valence-corrected chi connectivity index (χ3v) is 3.50. The molecule has 0 aromatic heterocycles. The Kier molecular flexibility index (Phi) is 4.66. The minimum absolute atomic E-state index is 0.197. The Bertz CT molecular complexity index is 705. The zero-order chi connectivity index (χ0) is 15.4. The van der Waals surface area contributed by atoms with Gasteiger partial charge in [0, 0.05) is 5.02 Å². The fourth-order valence-electron chi connectivity index (χ4n) is 2.07. The Morgan fingerprint density at radius 3 is 2.52 bits per heavy atom. The highest BCUT2D eigenvalue weighted by molar-refractivity contribution is 6.33. The van der Waals surface area contributed by atoms with E-state index in [9.17, 15) is 9.90 Å². The van der Waals surface area contributed by atoms with Crippen molar-refractivity contribution in [2.24, 2.45) is 0 Å². The number of hydrogen-bond donors (Lipinski definition) is 1. The van der Waals surface area contributed by atoms with Crippen LogP contribution in [0.2, 0.25) is 5.02 Å². The largest absolute Gasteiger partial charge is 0.497 e. The molecule has 0 saturated carbocycles. The SMILES string of the molecule is COc1ccc(/C(=C/c2ccccc2Cl)C(=O)O)c(C)c1. The van der Waals surface area contributed by atoms with Gasteiger partial charge in [0.05, 0.1) is 12.7 Å². The smallest absolute Gasteiger partial charge is 0.336 e. The van der Waals surface area contributed by atoms with Gasteiger partial charge in [0.15, 0.2) is 0 Å². The molecule has 0 amide bonds. The van der Waals surface area contributed by atoms with Gasteiger partial charge in [0.25, 0.3) is 0 Å². The first kappa shape index (κ1) is 15.1. The normalized spacial score (nSPS) is 11.3. The van der Waals surface area contributed by atoms with Crippen LogP contribution in [-0.2, 0) is 4.79 Å². The highest BCUT2D eigenvalue weighted by Crippen LogP contribution is 2.27. The lowest BCUT2D eigenvalue weighted by molar-refractivity contribution is -0.130. The predicted octanol–water partition coefficient (Wildman–Crippen LogP) is 4.28. The molecule has 0 fully saturated rings. The van der Waals surface area contributed by atoms with Crippen LogP contribution in [0, 0.1) is 6.92 Å². The summed E-state index contributed by atoms with van der Waals surface area (Å²) in [6.07, 6.45) is 1.58. The van der Waals surface area contributed by atoms with Gasteiger partial charge in [-0.05, 0) is 47.9 Å². The molecular formula is C17H15ClO3. The lowest BCUT2D eigenvalue weighted by Gasteiger charge is -2.09. The van der Waals surface area contributed by atoms with E-state index in [1.807, 2.05) is 13.0 Å². The Labute approximate surface area is 128 Å². The minimum atomic E-state index is -0.997. The van der Waals surface area contributed by atoms with Crippen LogP contribution in [0.4, 0.5) is 0 Å². The molecule has 2 rings (SSSR count). The number of rotatable bonds is 4. The Balaban J connectivity index is 2.55. The molecule has 0 atom stereocenters. The fourth-order valence-corrected chi connectivity index (χ4v) is 2.26. The molecule has 0 unspecified atom stereocenters. The van der Waals surface area contributed by atoms with E-state index >= 15 is 0 Å². The first-order valence-electron chi connectivity index (χ1n) is 6.37. The maximum atomic E-state index is 11.6. The van der Waals surface area contributed by atoms with Gasteiger partial charge in [-0.2, -0.15) is 0 Å². The summed E-state index contributed by atoms with van der Waals surface area (Å²) in [6, 6.07) is 12.4. The molecule has 0 aliphatic carbocycles. The van der Waals surface area contributed by atoms with Gasteiger partial charge in [-0.15, -0.1) is 0 Å². The zero-order valence-corrected chi connectivity index (χ0v) is 12.5. The van der Waals surface area contributed by atoms with Crippen LogP contribution in [0.15, 0.2) is 42.5 Å². The summed E-state index contributed by atoms with van der Waals surface area (Å²) in [5.41, 5.74) is 2.34. The summed E-state index contributed by atoms with van der Waals surface area (Å²) >= 11 is 6.09. The molecule has 4 heteroatoms. The van der Waals surface area contributed by atoms with Crippen LogP contribution < -0.4 is 4.74 Å². The van der Waals surface area contributed by atoms with Crippen molar-refractivity contribution in [1.29, 1.82) is 0 Å². The number of aryl methyl sites for hydroxylation is 1. The predicted molar refractivity (Wildman–Crippen MR) is 84.7 cm³/mol. The maximum Gasteiger partial charge on any atom is 0.336 e. The van der Waals surface area contributed by atoms with Crippen molar-refractivity contribution in [3.63, 3.8) is 0 Å². The first-order chi connectivity index (χ1) is 10.0. The van der Waals surface area contributed by atoms with E-state index in [0.717, 1.165) is 5.56 Å². The molecule has 2 aromatic carbocycles. The number of halogens is 1. The quantitative estimate of drug-likeness (QED) is 0.677. The maximum absolute atomic E-state index is 11.6. The second kappa shape index (κ2) is 6.46. The Morgan fingerprint density at radius 2 is 1.95 bits per heavy atom. The van der Waals surface area contributed by atoms with Gasteiger partial charge < -0.3 is 9.84 Å². The summed E-state index contributed by atoms with van der Waals surface area (Å²) in [5.74, 6) is -0.304. The van der Waals surface area contributed by atoms with Crippen molar-refractivity contribution in [3.8, 4) is 5.75 Å². The number of hydrogen-bond acceptors (Lipinski definition) is 2. The molecule has 0 aliphatic heterocycles. The van der Waals surface area contributed by atoms with E-state index in [1.54, 1.807) is 49.6 Å². The van der Waals surface area contributed by atoms with E-state index in [0.29, 0.717) is 21.9 Å². The van der Waals surface area contributed by atoms with E-state index in [1.165, 1.54) is 0 Å². The van der Waals surface area contributed by atoms with E-state index < -0.39 is 5.97 Å². The van der Waals surface area contributed by atoms with Crippen LogP contribution in [0.1, 0.15) is 16.7 Å². The van der Waals surface area contributed by atoms with E-state index in [-0.39, 0.29) is 5.57 Å². The van der Waals surface area contributed by atoms with E-state index in [2.05, 4.69) is 0 Å². The third-order valence-electron chi connectivity index (χ3n) is 3.16. The molecule has 3 nitrogen and oxygen atoms in total. The molecular weight excluding hydrogens is 288 g/mol. The number of benzene rings is 2. The Morgan fingerprint density at radius 1 is 1.24 bits per heavy atom. The number of carboxylic acid groups (broad SMARTS) is 1. The number of methoxy groups -OCH3 is 1. The summed E-state index contributed by atoms with van der Waals surface area (Å²) in [4.78, 5) is 11.6. The molecule has 0 radical (unpaired) electrons. The molecule has 21 heavy (non-hydrogen) atoms. The number of ether oxygens (including phenoxy) is 1. The molecule has 1 N–H and O–H groups in total. The van der Waals surface area contributed by atoms with Crippen LogP contribution in [0.3, 0.4) is 0 Å². The fraction of sp³-hybridized carbons (Fsp3) is 0.118. The number of carboxylic acids is 1. The van der Waals surface area contributed by atoms with Gasteiger partial charge in [0.1, 0.15) is 5.75 Å². The van der Waals surface area contributed by atoms with Gasteiger partial charge in [-0.1, -0.05) is 35.9 Å². The topological polar surface area (TPSA) is 46.5 Å². The lowest BCUT2D eigenvalue weighted by Crippen LogP contribution is -2.02. The van der Waals surface area contributed by atoms with Crippen molar-refractivity contribution < 1.29 is 14.6 Å². The molecule has 0 bridgehead atoms. The summed E-state index contributed by atoms with van der Waals surface area (Å²) in [6.45, 7) is 1.85. The van der Waals surface area contributed by atoms with Crippen LogP contribution in [-0.4, -0.2) is 18.2 Å². The number of aliphatic carboxylic acids is 1.